The molecule has 0 rings (SSSR count). The molecule has 0 aliphatic carbocycles. The molecule has 0 aromatic rings. The quantitative estimate of drug-likeness (QED) is 0.507. The third-order valence-corrected chi connectivity index (χ3v) is 0. The van der Waals surface area contributed by atoms with Crippen molar-refractivity contribution in [1.82, 2.24) is 0 Å². The van der Waals surface area contributed by atoms with Crippen LogP contribution >= 0.6 is 0 Å². The first-order chi connectivity index (χ1) is 0. The van der Waals surface area contributed by atoms with Crippen LogP contribution in [0.4, 0.5) is 0 Å². The second kappa shape index (κ2) is 24.8. The Morgan fingerprint density at radius 1 is 1.20 bits per heavy atom. The molecule has 0 aromatic carbocycles. The molecule has 0 amide bonds. The van der Waals surface area contributed by atoms with Crippen LogP contribution in [0.3, 0.4) is 0 Å². The number of hydrogen-bond donors (Lipinski definition) is 0. The van der Waals surface area contributed by atoms with Gasteiger partial charge in [0, 0.05) is 120 Å². The summed E-state index contributed by atoms with van der Waals surface area (Å²) in [6.07, 6.45) is 0. The Bertz CT molecular complexity index is 15.5. The Balaban J connectivity index is 0. The molecule has 0 nitrogen and oxygen atoms in total. The smallest absolute Gasteiger partial charge is 0 e. The van der Waals surface area contributed by atoms with Crippen molar-refractivity contribution in [2.24, 2.45) is 0 Å². The Hall–Kier alpha value is 3.87. The molecule has 0 bridgehead atoms. The first-order valence-electron chi connectivity index (χ1n) is 0. The second-order valence-corrected chi connectivity index (χ2v) is 0. The summed E-state index contributed by atoms with van der Waals surface area (Å²) in [4.78, 5) is 0. The molecular weight excluding hydrogens is 399 g/mol. The summed E-state index contributed by atoms with van der Waals surface area (Å²) in [5, 5.41) is 0. The molecule has 0 atom stereocenters. The van der Waals surface area contributed by atoms with Gasteiger partial charge in [-0.3, -0.25) is 0 Å². The Morgan fingerprint density at radius 3 is 1.20 bits per heavy atom. The predicted molar refractivity (Wildman–Crippen MR) is 1.11 cm³/mol. The largest absolute Gasteiger partial charge is 1.00 e. The van der Waals surface area contributed by atoms with E-state index in [-0.39, 0.29) is 121 Å². The zero-order valence-electron chi connectivity index (χ0n) is 3.13. The van der Waals surface area contributed by atoms with E-state index in [0.29, 0.717) is 0 Å². The maximum Gasteiger partial charge on any atom is 1.00 e. The van der Waals surface area contributed by atoms with Crippen LogP contribution in [0.25, 0.3) is 0 Å². The average Bonchev–Trinajstić information content (AvgIpc) is 0. The van der Waals surface area contributed by atoms with Crippen LogP contribution in [-0.2, 0) is 78.2 Å². The minimum Gasteiger partial charge on any atom is 0 e. The summed E-state index contributed by atoms with van der Waals surface area (Å²) < 4.78 is 0. The van der Waals surface area contributed by atoms with E-state index in [1.54, 1.807) is 0 Å². The maximum absolute atomic E-state index is 0. The van der Waals surface area contributed by atoms with E-state index in [0.717, 1.165) is 0 Å². The van der Waals surface area contributed by atoms with E-state index < -0.39 is 0 Å². The standard InChI is InChI=1S/Ce.Cu.Mn.Nb.Ti/p+1. The molecule has 0 aromatic heterocycles. The van der Waals surface area contributed by atoms with Crippen LogP contribution < -0.4 is 0 Å². The molecule has 0 spiro atoms. The third-order valence-electron chi connectivity index (χ3n) is 0. The summed E-state index contributed by atoms with van der Waals surface area (Å²) in [5.41, 5.74) is 0. The molecule has 5 heteroatoms. The van der Waals surface area contributed by atoms with Gasteiger partial charge in [-0.15, -0.1) is 0 Å². The van der Waals surface area contributed by atoms with Crippen molar-refractivity contribution in [3.05, 3.63) is 0 Å². The van der Waals surface area contributed by atoms with Crippen molar-refractivity contribution in [1.29, 1.82) is 0 Å². The molecule has 0 saturated heterocycles. The maximum atomic E-state index is 0. The first-order valence-corrected chi connectivity index (χ1v) is 0. The Kier molecular flexibility index (Phi) is 182. The molecule has 5 heavy (non-hydrogen) atoms. The fourth-order valence-electron chi connectivity index (χ4n) is 0. The Labute approximate surface area is 119 Å². The van der Waals surface area contributed by atoms with Crippen molar-refractivity contribution in [2.75, 3.05) is 0 Å². The fourth-order valence-corrected chi connectivity index (χ4v) is 0. The molecule has 0 aliphatic rings. The van der Waals surface area contributed by atoms with E-state index in [9.17, 15) is 0 Å². The zero-order valence-corrected chi connectivity index (χ0v) is 11.1. The van der Waals surface area contributed by atoms with Gasteiger partial charge in [0.1, 0.15) is 0 Å². The molecule has 3 radical (unpaired) electrons. The van der Waals surface area contributed by atoms with E-state index in [1.807, 2.05) is 0 Å². The van der Waals surface area contributed by atoms with Gasteiger partial charge in [0.05, 0.1) is 0 Å². The molecule has 31 valence electrons. The van der Waals surface area contributed by atoms with Gasteiger partial charge in [0.15, 0.2) is 0 Å². The first kappa shape index (κ1) is 36.7. The van der Waals surface area contributed by atoms with Crippen LogP contribution in [0.1, 0.15) is 1.43 Å². The molecule has 0 heterocycles. The number of hydrogen-bond acceptors (Lipinski definition) is 0. The number of rotatable bonds is 0. The zero-order chi connectivity index (χ0) is 0. The molecular formula is HCeCuMnNbTi+. The van der Waals surface area contributed by atoms with Crippen LogP contribution in [0.5, 0.6) is 0 Å². The van der Waals surface area contributed by atoms with Gasteiger partial charge in [-0.1, -0.05) is 0 Å². The predicted octanol–water partition coefficient (Wildman–Crippen LogP) is 0.102. The minimum absolute atomic E-state index is 0. The van der Waals surface area contributed by atoms with Gasteiger partial charge >= 0.3 is 1.43 Å². The van der Waals surface area contributed by atoms with Crippen molar-refractivity contribution >= 4 is 0 Å². The van der Waals surface area contributed by atoms with E-state index in [1.165, 1.54) is 0 Å². The van der Waals surface area contributed by atoms with E-state index >= 15 is 0 Å². The van der Waals surface area contributed by atoms with Crippen LogP contribution in [0, 0.1) is 41.7 Å². The van der Waals surface area contributed by atoms with Crippen LogP contribution in [0.2, 0.25) is 0 Å². The topological polar surface area (TPSA) is 0 Å². The van der Waals surface area contributed by atoms with Gasteiger partial charge in [0.2, 0.25) is 0 Å². The fraction of sp³-hybridized carbons (Fsp3) is 0. The monoisotopic (exact) mass is 400 g/mol. The van der Waals surface area contributed by atoms with Crippen LogP contribution in [-0.4, -0.2) is 0 Å². The molecule has 0 N–H and O–H groups in total. The van der Waals surface area contributed by atoms with Gasteiger partial charge in [-0.25, -0.2) is 0 Å². The summed E-state index contributed by atoms with van der Waals surface area (Å²) >= 11 is 0. The van der Waals surface area contributed by atoms with Crippen molar-refractivity contribution in [2.45, 2.75) is 0 Å². The molecule has 0 fully saturated rings. The molecule has 0 saturated carbocycles. The molecule has 0 unspecified atom stereocenters. The third kappa shape index (κ3) is 18.1. The van der Waals surface area contributed by atoms with Crippen molar-refractivity contribution < 1.29 is 121 Å². The summed E-state index contributed by atoms with van der Waals surface area (Å²) in [6, 6.07) is 0. The normalized spacial score (nSPS) is 0. The second-order valence-electron chi connectivity index (χ2n) is 0. The van der Waals surface area contributed by atoms with Crippen molar-refractivity contribution in [3.63, 3.8) is 0 Å². The van der Waals surface area contributed by atoms with Crippen LogP contribution in [0.15, 0.2) is 0 Å². The van der Waals surface area contributed by atoms with Gasteiger partial charge in [-0.2, -0.15) is 0 Å². The minimum atomic E-state index is 0. The van der Waals surface area contributed by atoms with Gasteiger partial charge in [-0.05, 0) is 0 Å². The van der Waals surface area contributed by atoms with Crippen molar-refractivity contribution in [3.8, 4) is 0 Å². The average molecular weight is 400 g/mol. The van der Waals surface area contributed by atoms with Gasteiger partial charge in [0.25, 0.3) is 0 Å². The SMILES string of the molecule is [Ce].[Cu].[H+].[Mn].[Nb].[Ti]. The van der Waals surface area contributed by atoms with E-state index in [4.69, 9.17) is 0 Å². The summed E-state index contributed by atoms with van der Waals surface area (Å²) in [7, 11) is 0. The summed E-state index contributed by atoms with van der Waals surface area (Å²) in [5.74, 6) is 0. The van der Waals surface area contributed by atoms with Gasteiger partial charge < -0.3 is 0 Å². The Morgan fingerprint density at radius 2 is 1.20 bits per heavy atom. The molecule has 0 aliphatic heterocycles. The van der Waals surface area contributed by atoms with E-state index in [2.05, 4.69) is 0 Å². The summed E-state index contributed by atoms with van der Waals surface area (Å²) in [6.45, 7) is 0.